The lowest BCUT2D eigenvalue weighted by molar-refractivity contribution is -0.174. The summed E-state index contributed by atoms with van der Waals surface area (Å²) in [4.78, 5) is 12.5. The number of aliphatic hydroxyl groups excluding tert-OH is 3. The third kappa shape index (κ3) is 2.21. The summed E-state index contributed by atoms with van der Waals surface area (Å²) in [6, 6.07) is 0. The van der Waals surface area contributed by atoms with E-state index in [1.165, 1.54) is 24.9 Å². The van der Waals surface area contributed by atoms with Crippen LogP contribution in [0.25, 0.3) is 0 Å². The standard InChI is InChI=1S/C11H18N2O6/c1-5-3-13(10(17)12-8(5)16)9-11(2,18)7(15)6(4-14)19-9/h3,6-7,9-10,14-15,17-18H,4H2,1-2H3,(H,12,16)/t6-,7?,9?,10?,11?/m1/s1. The molecule has 0 radical (unpaired) electrons. The van der Waals surface area contributed by atoms with Crippen molar-refractivity contribution < 1.29 is 30.0 Å². The van der Waals surface area contributed by atoms with Gasteiger partial charge in [0.1, 0.15) is 17.8 Å². The minimum absolute atomic E-state index is 0.326. The molecule has 0 aromatic heterocycles. The van der Waals surface area contributed by atoms with Crippen molar-refractivity contribution in [1.29, 1.82) is 0 Å². The van der Waals surface area contributed by atoms with Gasteiger partial charge in [-0.25, -0.2) is 0 Å². The summed E-state index contributed by atoms with van der Waals surface area (Å²) in [5.41, 5.74) is -1.38. The summed E-state index contributed by atoms with van der Waals surface area (Å²) in [6.07, 6.45) is -3.39. The Hall–Kier alpha value is -1.19. The van der Waals surface area contributed by atoms with Crippen LogP contribution in [0.1, 0.15) is 13.8 Å². The van der Waals surface area contributed by atoms with Gasteiger partial charge in [0.15, 0.2) is 6.23 Å². The molecule has 0 bridgehead atoms. The van der Waals surface area contributed by atoms with Crippen molar-refractivity contribution in [3.8, 4) is 0 Å². The smallest absolute Gasteiger partial charge is 0.251 e. The molecule has 8 nitrogen and oxygen atoms in total. The molecule has 8 heteroatoms. The Kier molecular flexibility index (Phi) is 3.54. The van der Waals surface area contributed by atoms with E-state index in [9.17, 15) is 20.1 Å². The second-order valence-corrected chi connectivity index (χ2v) is 4.99. The maximum Gasteiger partial charge on any atom is 0.251 e. The van der Waals surface area contributed by atoms with E-state index in [-0.39, 0.29) is 0 Å². The van der Waals surface area contributed by atoms with E-state index in [0.29, 0.717) is 5.57 Å². The molecule has 5 N–H and O–H groups in total. The van der Waals surface area contributed by atoms with Crippen LogP contribution in [0.15, 0.2) is 11.8 Å². The summed E-state index contributed by atoms with van der Waals surface area (Å²) >= 11 is 0. The first-order chi connectivity index (χ1) is 8.78. The van der Waals surface area contributed by atoms with Crippen LogP contribution < -0.4 is 5.32 Å². The predicted octanol–water partition coefficient (Wildman–Crippen LogP) is -2.57. The van der Waals surface area contributed by atoms with Crippen molar-refractivity contribution in [3.05, 3.63) is 11.8 Å². The third-order valence-corrected chi connectivity index (χ3v) is 3.45. The van der Waals surface area contributed by atoms with Gasteiger partial charge in [0.25, 0.3) is 5.91 Å². The highest BCUT2D eigenvalue weighted by Crippen LogP contribution is 2.34. The van der Waals surface area contributed by atoms with Crippen LogP contribution in [0, 0.1) is 0 Å². The molecule has 2 aliphatic heterocycles. The van der Waals surface area contributed by atoms with Gasteiger partial charge in [-0.2, -0.15) is 0 Å². The number of aliphatic hydroxyl groups is 4. The zero-order valence-electron chi connectivity index (χ0n) is 10.6. The second-order valence-electron chi connectivity index (χ2n) is 4.99. The van der Waals surface area contributed by atoms with Gasteiger partial charge >= 0.3 is 0 Å². The number of carbonyl (C=O) groups is 1. The SMILES string of the molecule is CC1=CN(C2O[C@H](CO)C(O)C2(C)O)C(O)NC1=O. The van der Waals surface area contributed by atoms with E-state index in [1.54, 1.807) is 0 Å². The number of amides is 1. The van der Waals surface area contributed by atoms with Crippen LogP contribution >= 0.6 is 0 Å². The first kappa shape index (κ1) is 14.2. The van der Waals surface area contributed by atoms with E-state index >= 15 is 0 Å². The van der Waals surface area contributed by atoms with E-state index in [0.717, 1.165) is 0 Å². The highest BCUT2D eigenvalue weighted by Gasteiger charge is 2.55. The highest BCUT2D eigenvalue weighted by atomic mass is 16.6. The quantitative estimate of drug-likeness (QED) is 0.375. The Bertz CT molecular complexity index is 410. The lowest BCUT2D eigenvalue weighted by Gasteiger charge is -2.40. The van der Waals surface area contributed by atoms with E-state index in [1.807, 2.05) is 0 Å². The Morgan fingerprint density at radius 1 is 1.53 bits per heavy atom. The molecule has 1 fully saturated rings. The summed E-state index contributed by atoms with van der Waals surface area (Å²) in [7, 11) is 0. The van der Waals surface area contributed by atoms with Crippen LogP contribution in [0.3, 0.4) is 0 Å². The number of carbonyl (C=O) groups excluding carboxylic acids is 1. The van der Waals surface area contributed by atoms with Gasteiger partial charge in [0.2, 0.25) is 6.35 Å². The topological polar surface area (TPSA) is 122 Å². The zero-order valence-corrected chi connectivity index (χ0v) is 10.6. The number of ether oxygens (including phenoxy) is 1. The molecule has 0 saturated carbocycles. The largest absolute Gasteiger partial charge is 0.394 e. The van der Waals surface area contributed by atoms with Crippen molar-refractivity contribution >= 4 is 5.91 Å². The predicted molar refractivity (Wildman–Crippen MR) is 62.1 cm³/mol. The van der Waals surface area contributed by atoms with Gasteiger partial charge in [0, 0.05) is 11.8 Å². The number of hydrogen-bond donors (Lipinski definition) is 5. The molecule has 5 atom stereocenters. The molecule has 0 spiro atoms. The number of hydrogen-bond acceptors (Lipinski definition) is 7. The average molecular weight is 274 g/mol. The monoisotopic (exact) mass is 274 g/mol. The molecular weight excluding hydrogens is 256 g/mol. The van der Waals surface area contributed by atoms with Gasteiger partial charge in [-0.05, 0) is 13.8 Å². The lowest BCUT2D eigenvalue weighted by Crippen LogP contribution is -2.60. The molecule has 2 rings (SSSR count). The van der Waals surface area contributed by atoms with Gasteiger partial charge in [-0.3, -0.25) is 4.79 Å². The first-order valence-electron chi connectivity index (χ1n) is 5.90. The maximum absolute atomic E-state index is 11.4. The maximum atomic E-state index is 11.4. The third-order valence-electron chi connectivity index (χ3n) is 3.45. The molecule has 1 amide bonds. The second kappa shape index (κ2) is 4.73. The summed E-state index contributed by atoms with van der Waals surface area (Å²) in [5, 5.41) is 41.3. The van der Waals surface area contributed by atoms with Crippen molar-refractivity contribution in [2.75, 3.05) is 6.61 Å². The number of nitrogens with one attached hydrogen (secondary N) is 1. The molecule has 2 aliphatic rings. The molecule has 0 aromatic rings. The molecule has 0 aromatic carbocycles. The minimum atomic E-state index is -1.70. The Labute approximate surface area is 109 Å². The molecule has 108 valence electrons. The molecule has 4 unspecified atom stereocenters. The van der Waals surface area contributed by atoms with E-state index in [4.69, 9.17) is 9.84 Å². The molecule has 1 saturated heterocycles. The lowest BCUT2D eigenvalue weighted by atomic mass is 9.96. The summed E-state index contributed by atoms with van der Waals surface area (Å²) in [6.45, 7) is 2.41. The van der Waals surface area contributed by atoms with Gasteiger partial charge in [0.05, 0.1) is 6.61 Å². The van der Waals surface area contributed by atoms with Gasteiger partial charge in [-0.1, -0.05) is 0 Å². The molecule has 19 heavy (non-hydrogen) atoms. The summed E-state index contributed by atoms with van der Waals surface area (Å²) in [5.74, 6) is -0.430. The fourth-order valence-corrected chi connectivity index (χ4v) is 2.27. The number of nitrogens with zero attached hydrogens (tertiary/aromatic N) is 1. The van der Waals surface area contributed by atoms with Crippen LogP contribution in [-0.2, 0) is 9.53 Å². The highest BCUT2D eigenvalue weighted by molar-refractivity contribution is 5.93. The van der Waals surface area contributed by atoms with Crippen LogP contribution in [-0.4, -0.2) is 68.2 Å². The van der Waals surface area contributed by atoms with Crippen LogP contribution in [0.4, 0.5) is 0 Å². The number of rotatable bonds is 2. The van der Waals surface area contributed by atoms with Crippen molar-refractivity contribution in [3.63, 3.8) is 0 Å². The van der Waals surface area contributed by atoms with Crippen molar-refractivity contribution in [2.24, 2.45) is 0 Å². The fourth-order valence-electron chi connectivity index (χ4n) is 2.27. The normalized spacial score (nSPS) is 43.2. The zero-order chi connectivity index (χ0) is 14.4. The van der Waals surface area contributed by atoms with Crippen molar-refractivity contribution in [1.82, 2.24) is 10.2 Å². The first-order valence-corrected chi connectivity index (χ1v) is 5.90. The van der Waals surface area contributed by atoms with E-state index in [2.05, 4.69) is 5.32 Å². The molecule has 2 heterocycles. The van der Waals surface area contributed by atoms with Crippen molar-refractivity contribution in [2.45, 2.75) is 44.2 Å². The summed E-state index contributed by atoms with van der Waals surface area (Å²) < 4.78 is 5.35. The fraction of sp³-hybridized carbons (Fsp3) is 0.727. The van der Waals surface area contributed by atoms with Crippen LogP contribution in [0.5, 0.6) is 0 Å². The Morgan fingerprint density at radius 3 is 2.68 bits per heavy atom. The Balaban J connectivity index is 2.29. The average Bonchev–Trinajstić information content (AvgIpc) is 2.56. The van der Waals surface area contributed by atoms with E-state index < -0.39 is 42.9 Å². The Morgan fingerprint density at radius 2 is 2.16 bits per heavy atom. The van der Waals surface area contributed by atoms with Crippen LogP contribution in [0.2, 0.25) is 0 Å². The van der Waals surface area contributed by atoms with Gasteiger partial charge in [-0.15, -0.1) is 0 Å². The minimum Gasteiger partial charge on any atom is -0.394 e. The molecule has 0 aliphatic carbocycles. The molecular formula is C11H18N2O6. The van der Waals surface area contributed by atoms with Gasteiger partial charge < -0.3 is 35.4 Å².